The summed E-state index contributed by atoms with van der Waals surface area (Å²) in [6.45, 7) is 3.10. The zero-order chi connectivity index (χ0) is 21.2. The summed E-state index contributed by atoms with van der Waals surface area (Å²) in [5, 5.41) is 0.750. The van der Waals surface area contributed by atoms with Crippen molar-refractivity contribution >= 4 is 10.9 Å². The highest BCUT2D eigenvalue weighted by atomic mass is 19.4. The van der Waals surface area contributed by atoms with Crippen LogP contribution >= 0.6 is 0 Å². The van der Waals surface area contributed by atoms with Crippen molar-refractivity contribution < 1.29 is 22.3 Å². The van der Waals surface area contributed by atoms with Gasteiger partial charge < -0.3 is 14.2 Å². The van der Waals surface area contributed by atoms with Crippen LogP contribution in [0.15, 0.2) is 42.6 Å². The van der Waals surface area contributed by atoms with Gasteiger partial charge in [0, 0.05) is 36.3 Å². The van der Waals surface area contributed by atoms with E-state index >= 15 is 0 Å². The summed E-state index contributed by atoms with van der Waals surface area (Å²) >= 11 is 0. The van der Waals surface area contributed by atoms with Crippen molar-refractivity contribution in [3.05, 3.63) is 65.1 Å². The first-order valence-electron chi connectivity index (χ1n) is 9.44. The van der Waals surface area contributed by atoms with Crippen LogP contribution in [0.2, 0.25) is 0 Å². The lowest BCUT2D eigenvalue weighted by Gasteiger charge is -2.15. The molecule has 0 aliphatic carbocycles. The van der Waals surface area contributed by atoms with E-state index in [1.807, 2.05) is 36.7 Å². The van der Waals surface area contributed by atoms with Crippen LogP contribution in [0.3, 0.4) is 0 Å². The average molecular weight is 408 g/mol. The molecule has 29 heavy (non-hydrogen) atoms. The Labute approximate surface area is 167 Å². The zero-order valence-corrected chi connectivity index (χ0v) is 16.7. The molecular weight excluding hydrogens is 384 g/mol. The first-order chi connectivity index (χ1) is 13.7. The van der Waals surface area contributed by atoms with Gasteiger partial charge in [0.25, 0.3) is 0 Å². The molecule has 0 spiro atoms. The third kappa shape index (κ3) is 4.72. The summed E-state index contributed by atoms with van der Waals surface area (Å²) < 4.78 is 61.7. The highest BCUT2D eigenvalue weighted by Gasteiger charge is 2.33. The van der Waals surface area contributed by atoms with E-state index in [0.29, 0.717) is 12.1 Å². The van der Waals surface area contributed by atoms with Gasteiger partial charge in [0.15, 0.2) is 0 Å². The van der Waals surface area contributed by atoms with Crippen LogP contribution in [0.25, 0.3) is 10.9 Å². The van der Waals surface area contributed by atoms with Crippen molar-refractivity contribution in [2.75, 3.05) is 20.6 Å². The number of benzene rings is 2. The predicted octanol–water partition coefficient (Wildman–Crippen LogP) is 5.50. The number of hydrogen-bond donors (Lipinski definition) is 0. The smallest absolute Gasteiger partial charge is 0.416 e. The van der Waals surface area contributed by atoms with Gasteiger partial charge in [0.2, 0.25) is 0 Å². The quantitative estimate of drug-likeness (QED) is 0.480. The molecule has 0 aliphatic rings. The van der Waals surface area contributed by atoms with Crippen LogP contribution in [0.5, 0.6) is 5.75 Å². The summed E-state index contributed by atoms with van der Waals surface area (Å²) in [7, 11) is 3.92. The van der Waals surface area contributed by atoms with Crippen molar-refractivity contribution in [2.24, 2.45) is 0 Å². The molecule has 7 heteroatoms. The molecule has 156 valence electrons. The Morgan fingerprint density at radius 1 is 1.07 bits per heavy atom. The SMILES string of the molecule is CCn1cc(CCN(C)C)c2c(OCc3ccccc3C(F)(F)F)cc(F)cc21. The molecule has 0 fully saturated rings. The zero-order valence-electron chi connectivity index (χ0n) is 16.7. The number of ether oxygens (including phenoxy) is 1. The Bertz CT molecular complexity index is 992. The molecule has 2 aromatic carbocycles. The lowest BCUT2D eigenvalue weighted by Crippen LogP contribution is -2.15. The van der Waals surface area contributed by atoms with E-state index in [4.69, 9.17) is 4.74 Å². The van der Waals surface area contributed by atoms with Gasteiger partial charge in [0.1, 0.15) is 18.2 Å². The second-order valence-electron chi connectivity index (χ2n) is 7.24. The van der Waals surface area contributed by atoms with Crippen molar-refractivity contribution in [1.29, 1.82) is 0 Å². The molecule has 0 radical (unpaired) electrons. The van der Waals surface area contributed by atoms with Gasteiger partial charge in [-0.05, 0) is 45.1 Å². The van der Waals surface area contributed by atoms with Gasteiger partial charge in [-0.1, -0.05) is 18.2 Å². The summed E-state index contributed by atoms with van der Waals surface area (Å²) in [6, 6.07) is 7.96. The molecular formula is C22H24F4N2O. The van der Waals surface area contributed by atoms with Gasteiger partial charge in [-0.25, -0.2) is 4.39 Å². The van der Waals surface area contributed by atoms with E-state index in [-0.39, 0.29) is 17.9 Å². The number of alkyl halides is 3. The molecule has 3 rings (SSSR count). The normalized spacial score (nSPS) is 12.1. The van der Waals surface area contributed by atoms with Crippen molar-refractivity contribution in [3.8, 4) is 5.75 Å². The number of rotatable bonds is 7. The Kier molecular flexibility index (Phi) is 6.17. The van der Waals surface area contributed by atoms with Crippen LogP contribution in [-0.2, 0) is 25.7 Å². The standard InChI is InChI=1S/C22H24F4N2O/c1-4-28-13-15(9-10-27(2)3)21-19(28)11-17(23)12-20(21)29-14-16-7-5-6-8-18(16)22(24,25)26/h5-8,11-13H,4,9-10,14H2,1-3H3. The molecule has 0 atom stereocenters. The molecule has 0 amide bonds. The van der Waals surface area contributed by atoms with Gasteiger partial charge in [-0.2, -0.15) is 13.2 Å². The first kappa shape index (κ1) is 21.2. The maximum absolute atomic E-state index is 14.2. The number of nitrogens with zero attached hydrogens (tertiary/aromatic N) is 2. The minimum Gasteiger partial charge on any atom is -0.488 e. The fourth-order valence-corrected chi connectivity index (χ4v) is 3.43. The van der Waals surface area contributed by atoms with Crippen LogP contribution in [0.1, 0.15) is 23.6 Å². The van der Waals surface area contributed by atoms with Crippen LogP contribution < -0.4 is 4.74 Å². The minimum absolute atomic E-state index is 0.0159. The number of halogens is 4. The van der Waals surface area contributed by atoms with E-state index in [1.165, 1.54) is 30.3 Å². The second-order valence-corrected chi connectivity index (χ2v) is 7.24. The van der Waals surface area contributed by atoms with Gasteiger partial charge >= 0.3 is 6.18 Å². The molecule has 0 saturated heterocycles. The van der Waals surface area contributed by atoms with Gasteiger partial charge in [0.05, 0.1) is 11.1 Å². The summed E-state index contributed by atoms with van der Waals surface area (Å²) in [5.74, 6) is -0.221. The molecule has 3 aromatic rings. The molecule has 0 unspecified atom stereocenters. The Morgan fingerprint density at radius 3 is 2.45 bits per heavy atom. The Hall–Kier alpha value is -2.54. The Morgan fingerprint density at radius 2 is 1.79 bits per heavy atom. The van der Waals surface area contributed by atoms with E-state index in [9.17, 15) is 17.6 Å². The number of likely N-dealkylation sites (N-methyl/N-ethyl adjacent to an activating group) is 1. The fraction of sp³-hybridized carbons (Fsp3) is 0.364. The molecule has 0 aliphatic heterocycles. The van der Waals surface area contributed by atoms with Crippen molar-refractivity contribution in [3.63, 3.8) is 0 Å². The number of fused-ring (bicyclic) bond motifs is 1. The molecule has 0 saturated carbocycles. The molecule has 0 N–H and O–H groups in total. The Balaban J connectivity index is 2.00. The predicted molar refractivity (Wildman–Crippen MR) is 106 cm³/mol. The van der Waals surface area contributed by atoms with Crippen molar-refractivity contribution in [1.82, 2.24) is 9.47 Å². The monoisotopic (exact) mass is 408 g/mol. The second kappa shape index (κ2) is 8.45. The largest absolute Gasteiger partial charge is 0.488 e. The average Bonchev–Trinajstić information content (AvgIpc) is 3.01. The van der Waals surface area contributed by atoms with E-state index in [0.717, 1.165) is 30.0 Å². The lowest BCUT2D eigenvalue weighted by molar-refractivity contribution is -0.138. The van der Waals surface area contributed by atoms with E-state index in [1.54, 1.807) is 0 Å². The topological polar surface area (TPSA) is 17.4 Å². The lowest BCUT2D eigenvalue weighted by atomic mass is 10.1. The maximum atomic E-state index is 14.2. The maximum Gasteiger partial charge on any atom is 0.416 e. The van der Waals surface area contributed by atoms with Crippen molar-refractivity contribution in [2.45, 2.75) is 32.7 Å². The summed E-state index contributed by atoms with van der Waals surface area (Å²) in [4.78, 5) is 2.04. The number of aryl methyl sites for hydroxylation is 1. The molecule has 1 heterocycles. The van der Waals surface area contributed by atoms with Gasteiger partial charge in [-0.15, -0.1) is 0 Å². The molecule has 0 bridgehead atoms. The minimum atomic E-state index is -4.47. The van der Waals surface area contributed by atoms with Crippen LogP contribution in [0.4, 0.5) is 17.6 Å². The van der Waals surface area contributed by atoms with Crippen LogP contribution in [-0.4, -0.2) is 30.1 Å². The first-order valence-corrected chi connectivity index (χ1v) is 9.44. The summed E-state index contributed by atoms with van der Waals surface area (Å²) in [5.41, 5.74) is 0.934. The van der Waals surface area contributed by atoms with E-state index < -0.39 is 17.6 Å². The third-order valence-electron chi connectivity index (χ3n) is 4.86. The highest BCUT2D eigenvalue weighted by Crippen LogP contribution is 2.35. The van der Waals surface area contributed by atoms with Crippen LogP contribution in [0, 0.1) is 5.82 Å². The van der Waals surface area contributed by atoms with E-state index in [2.05, 4.69) is 0 Å². The number of hydrogen-bond acceptors (Lipinski definition) is 2. The fourth-order valence-electron chi connectivity index (χ4n) is 3.43. The summed E-state index contributed by atoms with van der Waals surface area (Å²) in [6.07, 6.45) is -1.79. The number of aromatic nitrogens is 1. The highest BCUT2D eigenvalue weighted by molar-refractivity contribution is 5.90. The third-order valence-corrected chi connectivity index (χ3v) is 4.86. The molecule has 1 aromatic heterocycles. The molecule has 3 nitrogen and oxygen atoms in total. The van der Waals surface area contributed by atoms with Gasteiger partial charge in [-0.3, -0.25) is 0 Å².